The van der Waals surface area contributed by atoms with Crippen LogP contribution in [0.1, 0.15) is 10.4 Å². The van der Waals surface area contributed by atoms with Crippen molar-refractivity contribution in [3.8, 4) is 0 Å². The highest BCUT2D eigenvalue weighted by Gasteiger charge is 2.08. The second-order valence-corrected chi connectivity index (χ2v) is 4.55. The van der Waals surface area contributed by atoms with Gasteiger partial charge in [0.2, 0.25) is 0 Å². The molecule has 0 saturated heterocycles. The van der Waals surface area contributed by atoms with Crippen molar-refractivity contribution in [1.82, 2.24) is 4.98 Å². The summed E-state index contributed by atoms with van der Waals surface area (Å²) in [5.74, 6) is 0. The Balaban J connectivity index is 2.14. The van der Waals surface area contributed by atoms with Crippen LogP contribution in [0.4, 0.5) is 11.4 Å². The van der Waals surface area contributed by atoms with E-state index in [1.54, 1.807) is 35.2 Å². The number of nitrogens with one attached hydrogen (secondary N) is 1. The third kappa shape index (κ3) is 2.79. The Labute approximate surface area is 102 Å². The lowest BCUT2D eigenvalue weighted by atomic mass is 10.2. The highest BCUT2D eigenvalue weighted by Crippen LogP contribution is 2.22. The number of thiazole rings is 1. The number of non-ortho nitro benzene ring substituents is 1. The van der Waals surface area contributed by atoms with Gasteiger partial charge in [0.25, 0.3) is 5.69 Å². The van der Waals surface area contributed by atoms with Crippen LogP contribution in [0.3, 0.4) is 0 Å². The van der Waals surface area contributed by atoms with E-state index in [4.69, 9.17) is 0 Å². The van der Waals surface area contributed by atoms with Crippen molar-refractivity contribution in [3.05, 3.63) is 50.5 Å². The van der Waals surface area contributed by atoms with Crippen molar-refractivity contribution in [1.29, 1.82) is 0 Å². The Morgan fingerprint density at radius 2 is 2.35 bits per heavy atom. The van der Waals surface area contributed by atoms with Crippen molar-refractivity contribution in [2.45, 2.75) is 13.5 Å². The number of anilines is 1. The monoisotopic (exact) mass is 249 g/mol. The van der Waals surface area contributed by atoms with Crippen molar-refractivity contribution >= 4 is 22.7 Å². The van der Waals surface area contributed by atoms with E-state index in [1.807, 2.05) is 6.92 Å². The summed E-state index contributed by atoms with van der Waals surface area (Å²) in [4.78, 5) is 15.3. The maximum atomic E-state index is 10.7. The molecule has 6 heteroatoms. The second kappa shape index (κ2) is 4.92. The molecular formula is C11H11N3O2S. The molecule has 0 atom stereocenters. The SMILES string of the molecule is Cc1ccc([N+](=O)[O-])cc1NCc1cncs1. The van der Waals surface area contributed by atoms with Crippen LogP contribution in [0, 0.1) is 17.0 Å². The zero-order valence-electron chi connectivity index (χ0n) is 9.21. The smallest absolute Gasteiger partial charge is 0.271 e. The first-order chi connectivity index (χ1) is 8.16. The third-order valence-corrected chi connectivity index (χ3v) is 3.15. The molecule has 0 aliphatic rings. The van der Waals surface area contributed by atoms with E-state index in [9.17, 15) is 10.1 Å². The first kappa shape index (κ1) is 11.5. The molecule has 88 valence electrons. The summed E-state index contributed by atoms with van der Waals surface area (Å²) < 4.78 is 0. The number of rotatable bonds is 4. The van der Waals surface area contributed by atoms with Crippen LogP contribution in [0.2, 0.25) is 0 Å². The van der Waals surface area contributed by atoms with E-state index < -0.39 is 4.92 Å². The molecule has 0 radical (unpaired) electrons. The average molecular weight is 249 g/mol. The molecule has 0 unspecified atom stereocenters. The standard InChI is InChI=1S/C11H11N3O2S/c1-8-2-3-9(14(15)16)4-11(8)13-6-10-5-12-7-17-10/h2-5,7,13H,6H2,1H3. The van der Waals surface area contributed by atoms with E-state index in [-0.39, 0.29) is 5.69 Å². The first-order valence-electron chi connectivity index (χ1n) is 5.03. The van der Waals surface area contributed by atoms with Gasteiger partial charge >= 0.3 is 0 Å². The second-order valence-electron chi connectivity index (χ2n) is 3.58. The minimum absolute atomic E-state index is 0.0994. The minimum atomic E-state index is -0.392. The summed E-state index contributed by atoms with van der Waals surface area (Å²) >= 11 is 1.55. The van der Waals surface area contributed by atoms with Crippen molar-refractivity contribution in [2.24, 2.45) is 0 Å². The van der Waals surface area contributed by atoms with Gasteiger partial charge in [-0.2, -0.15) is 0 Å². The van der Waals surface area contributed by atoms with Gasteiger partial charge in [-0.25, -0.2) is 0 Å². The summed E-state index contributed by atoms with van der Waals surface area (Å²) in [6, 6.07) is 4.80. The number of aromatic nitrogens is 1. The lowest BCUT2D eigenvalue weighted by Gasteiger charge is -2.07. The molecule has 1 aromatic heterocycles. The molecule has 0 amide bonds. The number of nitro benzene ring substituents is 1. The molecule has 5 nitrogen and oxygen atoms in total. The van der Waals surface area contributed by atoms with Crippen molar-refractivity contribution in [2.75, 3.05) is 5.32 Å². The van der Waals surface area contributed by atoms with Crippen LogP contribution in [0.5, 0.6) is 0 Å². The predicted octanol–water partition coefficient (Wildman–Crippen LogP) is 2.97. The van der Waals surface area contributed by atoms with E-state index in [0.717, 1.165) is 16.1 Å². The zero-order valence-corrected chi connectivity index (χ0v) is 10.0. The maximum absolute atomic E-state index is 10.7. The van der Waals surface area contributed by atoms with Crippen LogP contribution >= 0.6 is 11.3 Å². The summed E-state index contributed by atoms with van der Waals surface area (Å²) in [5, 5.41) is 13.8. The minimum Gasteiger partial charge on any atom is -0.380 e. The van der Waals surface area contributed by atoms with E-state index in [1.165, 1.54) is 6.07 Å². The number of nitro groups is 1. The number of benzene rings is 1. The number of aryl methyl sites for hydroxylation is 1. The zero-order chi connectivity index (χ0) is 12.3. The lowest BCUT2D eigenvalue weighted by molar-refractivity contribution is -0.384. The van der Waals surface area contributed by atoms with Gasteiger partial charge in [0.1, 0.15) is 0 Å². The first-order valence-corrected chi connectivity index (χ1v) is 5.91. The van der Waals surface area contributed by atoms with Crippen molar-refractivity contribution in [3.63, 3.8) is 0 Å². The quantitative estimate of drug-likeness (QED) is 0.668. The van der Waals surface area contributed by atoms with Crippen LogP contribution in [0.15, 0.2) is 29.9 Å². The molecule has 1 aromatic carbocycles. The number of hydrogen-bond donors (Lipinski definition) is 1. The van der Waals surface area contributed by atoms with Crippen LogP contribution in [-0.4, -0.2) is 9.91 Å². The van der Waals surface area contributed by atoms with Crippen LogP contribution in [-0.2, 0) is 6.54 Å². The van der Waals surface area contributed by atoms with Crippen LogP contribution < -0.4 is 5.32 Å². The average Bonchev–Trinajstić information content (AvgIpc) is 2.80. The Hall–Kier alpha value is -1.95. The Kier molecular flexibility index (Phi) is 3.34. The molecule has 0 spiro atoms. The fourth-order valence-corrected chi connectivity index (χ4v) is 1.96. The summed E-state index contributed by atoms with van der Waals surface area (Å²) in [5.41, 5.74) is 3.63. The lowest BCUT2D eigenvalue weighted by Crippen LogP contribution is -2.00. The Morgan fingerprint density at radius 1 is 1.53 bits per heavy atom. The topological polar surface area (TPSA) is 68.1 Å². The van der Waals surface area contributed by atoms with E-state index in [0.29, 0.717) is 6.54 Å². The highest BCUT2D eigenvalue weighted by molar-refractivity contribution is 7.09. The molecule has 0 fully saturated rings. The molecule has 0 bridgehead atoms. The van der Waals surface area contributed by atoms with Crippen LogP contribution in [0.25, 0.3) is 0 Å². The number of hydrogen-bond acceptors (Lipinski definition) is 5. The van der Waals surface area contributed by atoms with Gasteiger partial charge < -0.3 is 5.32 Å². The van der Waals surface area contributed by atoms with Gasteiger partial charge in [-0.15, -0.1) is 11.3 Å². The summed E-state index contributed by atoms with van der Waals surface area (Å²) in [6.45, 7) is 2.55. The molecular weight excluding hydrogens is 238 g/mol. The molecule has 0 aliphatic heterocycles. The Morgan fingerprint density at radius 3 is 3.00 bits per heavy atom. The molecule has 2 aromatic rings. The Bertz CT molecular complexity index is 526. The van der Waals surface area contributed by atoms with Crippen molar-refractivity contribution < 1.29 is 4.92 Å². The molecule has 0 aliphatic carbocycles. The molecule has 1 heterocycles. The summed E-state index contributed by atoms with van der Waals surface area (Å²) in [6.07, 6.45) is 1.78. The van der Waals surface area contributed by atoms with E-state index in [2.05, 4.69) is 10.3 Å². The maximum Gasteiger partial charge on any atom is 0.271 e. The molecule has 17 heavy (non-hydrogen) atoms. The largest absolute Gasteiger partial charge is 0.380 e. The molecule has 0 saturated carbocycles. The van der Waals surface area contributed by atoms with E-state index >= 15 is 0 Å². The molecule has 2 rings (SSSR count). The van der Waals surface area contributed by atoms with Gasteiger partial charge in [-0.05, 0) is 12.5 Å². The fraction of sp³-hybridized carbons (Fsp3) is 0.182. The summed E-state index contributed by atoms with van der Waals surface area (Å²) in [7, 11) is 0. The van der Waals surface area contributed by atoms with Gasteiger partial charge in [0.15, 0.2) is 0 Å². The highest BCUT2D eigenvalue weighted by atomic mass is 32.1. The number of nitrogens with zero attached hydrogens (tertiary/aromatic N) is 2. The normalized spacial score (nSPS) is 10.2. The van der Waals surface area contributed by atoms with Gasteiger partial charge in [-0.1, -0.05) is 6.07 Å². The predicted molar refractivity (Wildman–Crippen MR) is 67.3 cm³/mol. The van der Waals surface area contributed by atoms with Gasteiger partial charge in [-0.3, -0.25) is 15.1 Å². The molecule has 1 N–H and O–H groups in total. The fourth-order valence-electron chi connectivity index (χ4n) is 1.43. The van der Waals surface area contributed by atoms with Gasteiger partial charge in [0, 0.05) is 28.9 Å². The van der Waals surface area contributed by atoms with Gasteiger partial charge in [0.05, 0.1) is 17.0 Å². The third-order valence-electron chi connectivity index (χ3n) is 2.37.